The van der Waals surface area contributed by atoms with Gasteiger partial charge in [0.25, 0.3) is 11.5 Å². The molecule has 0 spiro atoms. The van der Waals surface area contributed by atoms with E-state index in [0.717, 1.165) is 6.07 Å². The first-order valence-electron chi connectivity index (χ1n) is 9.48. The summed E-state index contributed by atoms with van der Waals surface area (Å²) in [4.78, 5) is 25.4. The van der Waals surface area contributed by atoms with Crippen molar-refractivity contribution in [2.24, 2.45) is 0 Å². The van der Waals surface area contributed by atoms with E-state index in [2.05, 4.69) is 5.32 Å². The van der Waals surface area contributed by atoms with Crippen LogP contribution in [0.1, 0.15) is 33.1 Å². The predicted octanol–water partition coefficient (Wildman–Crippen LogP) is 2.78. The van der Waals surface area contributed by atoms with Crippen LogP contribution in [0.5, 0.6) is 0 Å². The number of aliphatic hydroxyl groups excluding tert-OH is 2. The fraction of sp³-hybridized carbons (Fsp3) is 0.273. The molecule has 164 valence electrons. The molecule has 0 saturated heterocycles. The lowest BCUT2D eigenvalue weighted by atomic mass is 10.0. The SMILES string of the molecule is Cc1ccc(CNC(=O)c2cccc3c(=O)n(C(CO)CO)ccc23)cc1C(F)(F)F. The zero-order valence-corrected chi connectivity index (χ0v) is 16.6. The van der Waals surface area contributed by atoms with Gasteiger partial charge >= 0.3 is 6.18 Å². The second kappa shape index (κ2) is 8.91. The molecule has 6 nitrogen and oxygen atoms in total. The molecular weight excluding hydrogens is 413 g/mol. The Labute approximate surface area is 175 Å². The van der Waals surface area contributed by atoms with E-state index < -0.39 is 42.5 Å². The van der Waals surface area contributed by atoms with Crippen LogP contribution in [0, 0.1) is 6.92 Å². The number of benzene rings is 2. The molecule has 3 aromatic rings. The van der Waals surface area contributed by atoms with Crippen LogP contribution in [-0.4, -0.2) is 33.9 Å². The van der Waals surface area contributed by atoms with Gasteiger partial charge in [0.15, 0.2) is 0 Å². The number of nitrogens with one attached hydrogen (secondary N) is 1. The average Bonchev–Trinajstić information content (AvgIpc) is 2.74. The highest BCUT2D eigenvalue weighted by Crippen LogP contribution is 2.32. The van der Waals surface area contributed by atoms with Crippen molar-refractivity contribution in [3.05, 3.63) is 81.3 Å². The summed E-state index contributed by atoms with van der Waals surface area (Å²) in [6.07, 6.45) is -3.10. The normalized spacial score (nSPS) is 11.8. The zero-order valence-electron chi connectivity index (χ0n) is 16.6. The number of carbonyl (C=O) groups excluding carboxylic acids is 1. The summed E-state index contributed by atoms with van der Waals surface area (Å²) in [6.45, 7) is 0.385. The van der Waals surface area contributed by atoms with Gasteiger partial charge < -0.3 is 20.1 Å². The largest absolute Gasteiger partial charge is 0.416 e. The topological polar surface area (TPSA) is 91.6 Å². The van der Waals surface area contributed by atoms with Gasteiger partial charge in [0, 0.05) is 29.1 Å². The van der Waals surface area contributed by atoms with Crippen molar-refractivity contribution in [3.8, 4) is 0 Å². The number of aliphatic hydroxyl groups is 2. The number of amides is 1. The summed E-state index contributed by atoms with van der Waals surface area (Å²) in [5, 5.41) is 21.8. The molecule has 3 rings (SSSR count). The summed E-state index contributed by atoms with van der Waals surface area (Å²) in [5.41, 5.74) is -0.657. The Morgan fingerprint density at radius 1 is 1.10 bits per heavy atom. The van der Waals surface area contributed by atoms with Crippen LogP contribution >= 0.6 is 0 Å². The fourth-order valence-corrected chi connectivity index (χ4v) is 3.37. The molecule has 1 heterocycles. The van der Waals surface area contributed by atoms with Crippen molar-refractivity contribution in [3.63, 3.8) is 0 Å². The number of aryl methyl sites for hydroxylation is 1. The van der Waals surface area contributed by atoms with Crippen LogP contribution in [0.3, 0.4) is 0 Å². The number of halogens is 3. The number of aromatic nitrogens is 1. The quantitative estimate of drug-likeness (QED) is 0.557. The molecular formula is C22H21F3N2O4. The first-order chi connectivity index (χ1) is 14.7. The van der Waals surface area contributed by atoms with E-state index in [0.29, 0.717) is 10.9 Å². The highest BCUT2D eigenvalue weighted by molar-refractivity contribution is 6.06. The molecule has 0 saturated carbocycles. The van der Waals surface area contributed by atoms with Crippen molar-refractivity contribution < 1.29 is 28.2 Å². The second-order valence-electron chi connectivity index (χ2n) is 7.14. The minimum Gasteiger partial charge on any atom is -0.394 e. The monoisotopic (exact) mass is 434 g/mol. The highest BCUT2D eigenvalue weighted by atomic mass is 19.4. The predicted molar refractivity (Wildman–Crippen MR) is 109 cm³/mol. The van der Waals surface area contributed by atoms with Gasteiger partial charge in [-0.15, -0.1) is 0 Å². The third-order valence-corrected chi connectivity index (χ3v) is 5.09. The lowest BCUT2D eigenvalue weighted by molar-refractivity contribution is -0.138. The van der Waals surface area contributed by atoms with Crippen LogP contribution in [-0.2, 0) is 12.7 Å². The summed E-state index contributed by atoms with van der Waals surface area (Å²) >= 11 is 0. The van der Waals surface area contributed by atoms with E-state index in [1.54, 1.807) is 0 Å². The standard InChI is InChI=1S/C22H21F3N2O4/c1-13-5-6-14(9-19(13)22(23,24)25)10-26-20(30)17-3-2-4-18-16(17)7-8-27(21(18)31)15(11-28)12-29/h2-9,15,28-29H,10-12H2,1H3,(H,26,30). The van der Waals surface area contributed by atoms with E-state index in [1.165, 1.54) is 54.1 Å². The van der Waals surface area contributed by atoms with E-state index >= 15 is 0 Å². The Morgan fingerprint density at radius 3 is 2.45 bits per heavy atom. The minimum absolute atomic E-state index is 0.0944. The Balaban J connectivity index is 1.88. The molecule has 1 amide bonds. The Bertz CT molecular complexity index is 1170. The van der Waals surface area contributed by atoms with Crippen LogP contribution in [0.25, 0.3) is 10.8 Å². The second-order valence-corrected chi connectivity index (χ2v) is 7.14. The first kappa shape index (κ1) is 22.5. The van der Waals surface area contributed by atoms with Crippen molar-refractivity contribution in [2.45, 2.75) is 25.7 Å². The lowest BCUT2D eigenvalue weighted by Gasteiger charge is -2.16. The fourth-order valence-electron chi connectivity index (χ4n) is 3.37. The van der Waals surface area contributed by atoms with Gasteiger partial charge in [-0.25, -0.2) is 0 Å². The molecule has 0 aliphatic heterocycles. The minimum atomic E-state index is -4.49. The van der Waals surface area contributed by atoms with Gasteiger partial charge in [-0.3, -0.25) is 9.59 Å². The smallest absolute Gasteiger partial charge is 0.394 e. The molecule has 31 heavy (non-hydrogen) atoms. The number of pyridine rings is 1. The number of hydrogen-bond acceptors (Lipinski definition) is 4. The Morgan fingerprint density at radius 2 is 1.81 bits per heavy atom. The van der Waals surface area contributed by atoms with Gasteiger partial charge in [0.1, 0.15) is 0 Å². The number of nitrogens with zero attached hydrogens (tertiary/aromatic N) is 1. The summed E-state index contributed by atoms with van der Waals surface area (Å²) in [5.74, 6) is -0.544. The number of hydrogen-bond donors (Lipinski definition) is 3. The maximum absolute atomic E-state index is 13.1. The molecule has 9 heteroatoms. The average molecular weight is 434 g/mol. The molecule has 0 radical (unpaired) electrons. The number of carbonyl (C=O) groups is 1. The Hall–Kier alpha value is -3.17. The lowest BCUT2D eigenvalue weighted by Crippen LogP contribution is -2.29. The molecule has 0 atom stereocenters. The van der Waals surface area contributed by atoms with Gasteiger partial charge in [0.05, 0.1) is 24.8 Å². The molecule has 0 bridgehead atoms. The Kier molecular flexibility index (Phi) is 6.47. The van der Waals surface area contributed by atoms with Crippen molar-refractivity contribution in [2.75, 3.05) is 13.2 Å². The summed E-state index contributed by atoms with van der Waals surface area (Å²) < 4.78 is 40.5. The third-order valence-electron chi connectivity index (χ3n) is 5.09. The van der Waals surface area contributed by atoms with Crippen molar-refractivity contribution in [1.82, 2.24) is 9.88 Å². The molecule has 2 aromatic carbocycles. The molecule has 3 N–H and O–H groups in total. The van der Waals surface area contributed by atoms with Gasteiger partial charge in [-0.1, -0.05) is 18.2 Å². The van der Waals surface area contributed by atoms with E-state index in [9.17, 15) is 33.0 Å². The molecule has 1 aromatic heterocycles. The summed E-state index contributed by atoms with van der Waals surface area (Å²) in [6, 6.07) is 9.13. The molecule has 0 fully saturated rings. The van der Waals surface area contributed by atoms with Crippen LogP contribution in [0.4, 0.5) is 13.2 Å². The number of rotatable bonds is 6. The van der Waals surface area contributed by atoms with E-state index in [1.807, 2.05) is 0 Å². The number of fused-ring (bicyclic) bond motifs is 1. The molecule has 0 unspecified atom stereocenters. The zero-order chi connectivity index (χ0) is 22.8. The maximum Gasteiger partial charge on any atom is 0.416 e. The van der Waals surface area contributed by atoms with E-state index in [-0.39, 0.29) is 23.1 Å². The van der Waals surface area contributed by atoms with Crippen molar-refractivity contribution in [1.29, 1.82) is 0 Å². The first-order valence-corrected chi connectivity index (χ1v) is 9.48. The maximum atomic E-state index is 13.1. The molecule has 0 aliphatic rings. The van der Waals surface area contributed by atoms with Gasteiger partial charge in [0.2, 0.25) is 0 Å². The summed E-state index contributed by atoms with van der Waals surface area (Å²) in [7, 11) is 0. The van der Waals surface area contributed by atoms with Crippen LogP contribution in [0.2, 0.25) is 0 Å². The third kappa shape index (κ3) is 4.62. The number of alkyl halides is 3. The molecule has 0 aliphatic carbocycles. The van der Waals surface area contributed by atoms with Crippen molar-refractivity contribution >= 4 is 16.7 Å². The highest BCUT2D eigenvalue weighted by Gasteiger charge is 2.32. The van der Waals surface area contributed by atoms with Crippen LogP contribution < -0.4 is 10.9 Å². The van der Waals surface area contributed by atoms with Gasteiger partial charge in [-0.05, 0) is 42.3 Å². The van der Waals surface area contributed by atoms with Gasteiger partial charge in [-0.2, -0.15) is 13.2 Å². The van der Waals surface area contributed by atoms with Crippen LogP contribution in [0.15, 0.2) is 53.5 Å². The van der Waals surface area contributed by atoms with E-state index in [4.69, 9.17) is 0 Å².